The third-order valence-corrected chi connectivity index (χ3v) is 3.41. The van der Waals surface area contributed by atoms with Crippen LogP contribution in [0.5, 0.6) is 0 Å². The van der Waals surface area contributed by atoms with E-state index in [4.69, 9.17) is 23.2 Å². The number of benzene rings is 2. The number of carbonyl (C=O) groups excluding carboxylic acids is 1. The summed E-state index contributed by atoms with van der Waals surface area (Å²) in [6.45, 7) is 2.19. The highest BCUT2D eigenvalue weighted by Gasteiger charge is 2.04. The van der Waals surface area contributed by atoms with Crippen molar-refractivity contribution in [1.82, 2.24) is 0 Å². The number of aryl methyl sites for hydroxylation is 1. The first-order valence-corrected chi connectivity index (χ1v) is 6.85. The zero-order valence-corrected chi connectivity index (χ0v) is 12.4. The molecule has 0 saturated carbocycles. The Morgan fingerprint density at radius 1 is 1.05 bits per heavy atom. The molecule has 20 heavy (non-hydrogen) atoms. The van der Waals surface area contributed by atoms with Crippen LogP contribution in [0.25, 0.3) is 0 Å². The van der Waals surface area contributed by atoms with Crippen LogP contribution in [0.3, 0.4) is 0 Å². The van der Waals surface area contributed by atoms with E-state index in [0.717, 1.165) is 11.3 Å². The molecule has 5 heteroatoms. The number of hydrogen-bond acceptors (Lipinski definition) is 2. The van der Waals surface area contributed by atoms with Crippen LogP contribution in [0.15, 0.2) is 42.5 Å². The summed E-state index contributed by atoms with van der Waals surface area (Å²) in [6, 6.07) is 12.8. The molecule has 0 bridgehead atoms. The van der Waals surface area contributed by atoms with E-state index in [9.17, 15) is 4.79 Å². The van der Waals surface area contributed by atoms with Crippen LogP contribution in [0.4, 0.5) is 11.4 Å². The van der Waals surface area contributed by atoms with E-state index in [1.165, 1.54) is 0 Å². The molecule has 2 aromatic rings. The lowest BCUT2D eigenvalue weighted by Gasteiger charge is -2.09. The molecule has 2 rings (SSSR count). The van der Waals surface area contributed by atoms with Crippen LogP contribution in [-0.2, 0) is 4.79 Å². The molecule has 0 aromatic heterocycles. The average Bonchev–Trinajstić information content (AvgIpc) is 2.41. The summed E-state index contributed by atoms with van der Waals surface area (Å²) >= 11 is 11.7. The van der Waals surface area contributed by atoms with Crippen molar-refractivity contribution >= 4 is 40.5 Å². The van der Waals surface area contributed by atoms with Crippen LogP contribution < -0.4 is 10.6 Å². The fourth-order valence-corrected chi connectivity index (χ4v) is 2.01. The Morgan fingerprint density at radius 3 is 2.55 bits per heavy atom. The topological polar surface area (TPSA) is 41.1 Å². The van der Waals surface area contributed by atoms with Gasteiger partial charge in [-0.1, -0.05) is 35.3 Å². The van der Waals surface area contributed by atoms with Crippen molar-refractivity contribution in [3.8, 4) is 0 Å². The quantitative estimate of drug-likeness (QED) is 0.881. The van der Waals surface area contributed by atoms with Crippen molar-refractivity contribution in [2.75, 3.05) is 17.2 Å². The molecule has 0 aliphatic heterocycles. The zero-order chi connectivity index (χ0) is 14.5. The minimum Gasteiger partial charge on any atom is -0.376 e. The third kappa shape index (κ3) is 4.15. The lowest BCUT2D eigenvalue weighted by Crippen LogP contribution is -2.21. The molecule has 0 aliphatic rings. The monoisotopic (exact) mass is 308 g/mol. The molecule has 0 fully saturated rings. The normalized spacial score (nSPS) is 10.2. The molecule has 0 unspecified atom stereocenters. The van der Waals surface area contributed by atoms with Crippen LogP contribution in [0.1, 0.15) is 5.56 Å². The third-order valence-electron chi connectivity index (χ3n) is 2.67. The molecule has 0 aliphatic carbocycles. The minimum absolute atomic E-state index is 0.148. The van der Waals surface area contributed by atoms with E-state index in [-0.39, 0.29) is 12.5 Å². The molecular weight excluding hydrogens is 295 g/mol. The second-order valence-electron chi connectivity index (χ2n) is 4.40. The van der Waals surface area contributed by atoms with Crippen molar-refractivity contribution in [1.29, 1.82) is 0 Å². The van der Waals surface area contributed by atoms with Gasteiger partial charge < -0.3 is 10.6 Å². The molecule has 0 atom stereocenters. The molecule has 104 valence electrons. The average molecular weight is 309 g/mol. The predicted molar refractivity (Wildman–Crippen MR) is 84.8 cm³/mol. The zero-order valence-electron chi connectivity index (χ0n) is 10.9. The summed E-state index contributed by atoms with van der Waals surface area (Å²) in [6.07, 6.45) is 0. The minimum atomic E-state index is -0.148. The number of carbonyl (C=O) groups is 1. The molecule has 2 N–H and O–H groups in total. The number of anilines is 2. The van der Waals surface area contributed by atoms with E-state index in [2.05, 4.69) is 10.6 Å². The van der Waals surface area contributed by atoms with E-state index >= 15 is 0 Å². The van der Waals surface area contributed by atoms with Crippen LogP contribution in [0, 0.1) is 6.92 Å². The summed E-state index contributed by atoms with van der Waals surface area (Å²) in [5.74, 6) is -0.148. The number of hydrogen-bond donors (Lipinski definition) is 2. The summed E-state index contributed by atoms with van der Waals surface area (Å²) in [5, 5.41) is 6.68. The fraction of sp³-hybridized carbons (Fsp3) is 0.133. The highest BCUT2D eigenvalue weighted by molar-refractivity contribution is 6.42. The Balaban J connectivity index is 1.91. The molecule has 3 nitrogen and oxygen atoms in total. The molecule has 0 radical (unpaired) electrons. The number of nitrogens with one attached hydrogen (secondary N) is 2. The van der Waals surface area contributed by atoms with Gasteiger partial charge in [-0.15, -0.1) is 0 Å². The van der Waals surface area contributed by atoms with Gasteiger partial charge >= 0.3 is 0 Å². The number of amides is 1. The molecular formula is C15H14Cl2N2O. The smallest absolute Gasteiger partial charge is 0.243 e. The highest BCUT2D eigenvalue weighted by atomic mass is 35.5. The number of rotatable bonds is 4. The maximum absolute atomic E-state index is 11.8. The Kier molecular flexibility index (Phi) is 4.88. The second-order valence-corrected chi connectivity index (χ2v) is 5.21. The Hall–Kier alpha value is -1.71. The molecule has 0 saturated heterocycles. The van der Waals surface area contributed by atoms with Crippen LogP contribution in [-0.4, -0.2) is 12.5 Å². The first-order valence-electron chi connectivity index (χ1n) is 6.10. The summed E-state index contributed by atoms with van der Waals surface area (Å²) in [4.78, 5) is 11.8. The predicted octanol–water partition coefficient (Wildman–Crippen LogP) is 4.35. The Bertz CT molecular complexity index is 629. The maximum Gasteiger partial charge on any atom is 0.243 e. The second kappa shape index (κ2) is 6.64. The van der Waals surface area contributed by atoms with Crippen molar-refractivity contribution in [2.24, 2.45) is 0 Å². The summed E-state index contributed by atoms with van der Waals surface area (Å²) in [5.41, 5.74) is 2.67. The largest absolute Gasteiger partial charge is 0.376 e. The van der Waals surface area contributed by atoms with Crippen molar-refractivity contribution < 1.29 is 4.79 Å². The van der Waals surface area contributed by atoms with Crippen molar-refractivity contribution in [3.63, 3.8) is 0 Å². The Morgan fingerprint density at radius 2 is 1.85 bits per heavy atom. The van der Waals surface area contributed by atoms with Gasteiger partial charge in [0.2, 0.25) is 5.91 Å². The van der Waals surface area contributed by atoms with E-state index in [0.29, 0.717) is 15.7 Å². The van der Waals surface area contributed by atoms with Gasteiger partial charge in [0.1, 0.15) is 0 Å². The maximum atomic E-state index is 11.8. The van der Waals surface area contributed by atoms with Gasteiger partial charge in [0.15, 0.2) is 0 Å². The van der Waals surface area contributed by atoms with Gasteiger partial charge in [0.25, 0.3) is 0 Å². The van der Waals surface area contributed by atoms with Gasteiger partial charge in [-0.25, -0.2) is 0 Å². The van der Waals surface area contributed by atoms with Gasteiger partial charge in [-0.3, -0.25) is 4.79 Å². The van der Waals surface area contributed by atoms with Gasteiger partial charge in [-0.2, -0.15) is 0 Å². The first kappa shape index (κ1) is 14.7. The molecule has 2 aromatic carbocycles. The summed E-state index contributed by atoms with van der Waals surface area (Å²) in [7, 11) is 0. The summed E-state index contributed by atoms with van der Waals surface area (Å²) < 4.78 is 0. The fourth-order valence-electron chi connectivity index (χ4n) is 1.72. The molecule has 1 amide bonds. The van der Waals surface area contributed by atoms with Gasteiger partial charge in [0, 0.05) is 11.4 Å². The van der Waals surface area contributed by atoms with Gasteiger partial charge in [0.05, 0.1) is 16.6 Å². The van der Waals surface area contributed by atoms with Crippen molar-refractivity contribution in [2.45, 2.75) is 6.92 Å². The van der Waals surface area contributed by atoms with E-state index < -0.39 is 0 Å². The van der Waals surface area contributed by atoms with E-state index in [1.807, 2.05) is 31.2 Å². The van der Waals surface area contributed by atoms with Gasteiger partial charge in [-0.05, 0) is 42.8 Å². The standard InChI is InChI=1S/C15H14Cl2N2O/c1-10-3-2-4-11(7-10)18-9-15(20)19-12-5-6-13(16)14(17)8-12/h2-8,18H,9H2,1H3,(H,19,20). The Labute approximate surface area is 127 Å². The SMILES string of the molecule is Cc1cccc(NCC(=O)Nc2ccc(Cl)c(Cl)c2)c1. The van der Waals surface area contributed by atoms with Crippen LogP contribution in [0.2, 0.25) is 10.0 Å². The lowest BCUT2D eigenvalue weighted by atomic mass is 10.2. The van der Waals surface area contributed by atoms with Crippen LogP contribution >= 0.6 is 23.2 Å². The number of halogens is 2. The molecule has 0 heterocycles. The molecule has 0 spiro atoms. The highest BCUT2D eigenvalue weighted by Crippen LogP contribution is 2.24. The first-order chi connectivity index (χ1) is 9.54. The lowest BCUT2D eigenvalue weighted by molar-refractivity contribution is -0.114. The van der Waals surface area contributed by atoms with E-state index in [1.54, 1.807) is 18.2 Å². The van der Waals surface area contributed by atoms with Crippen molar-refractivity contribution in [3.05, 3.63) is 58.1 Å².